The molecular weight excluding hydrogens is 304 g/mol. The van der Waals surface area contributed by atoms with Crippen molar-refractivity contribution in [2.45, 2.75) is 25.9 Å². The summed E-state index contributed by atoms with van der Waals surface area (Å²) in [5, 5.41) is 0. The van der Waals surface area contributed by atoms with Gasteiger partial charge in [0, 0.05) is 35.5 Å². The summed E-state index contributed by atoms with van der Waals surface area (Å²) in [6, 6.07) is 11.6. The molecule has 4 N–H and O–H groups in total. The lowest BCUT2D eigenvalue weighted by Gasteiger charge is -2.21. The maximum Gasteiger partial charge on any atom is 0.231 e. The van der Waals surface area contributed by atoms with Crippen LogP contribution in [0.2, 0.25) is 0 Å². The van der Waals surface area contributed by atoms with E-state index in [0.717, 1.165) is 33.9 Å². The van der Waals surface area contributed by atoms with Crippen molar-refractivity contribution in [1.29, 1.82) is 0 Å². The van der Waals surface area contributed by atoms with E-state index in [1.165, 1.54) is 0 Å². The molecule has 2 heterocycles. The van der Waals surface area contributed by atoms with E-state index in [2.05, 4.69) is 4.57 Å². The number of ether oxygens (including phenoxy) is 2. The fraction of sp³-hybridized carbons (Fsp3) is 0.278. The maximum absolute atomic E-state index is 6.28. The molecule has 0 unspecified atom stereocenters. The maximum atomic E-state index is 6.28. The predicted molar refractivity (Wildman–Crippen MR) is 94.0 cm³/mol. The van der Waals surface area contributed by atoms with Gasteiger partial charge in [-0.05, 0) is 26.0 Å². The Balaban J connectivity index is 1.96. The fourth-order valence-corrected chi connectivity index (χ4v) is 2.98. The number of benzene rings is 2. The molecule has 0 fully saturated rings. The number of imidazole rings is 1. The zero-order chi connectivity index (χ0) is 16.9. The lowest BCUT2D eigenvalue weighted by Crippen LogP contribution is -2.37. The van der Waals surface area contributed by atoms with Gasteiger partial charge in [-0.25, -0.2) is 4.98 Å². The Hall–Kier alpha value is -2.73. The summed E-state index contributed by atoms with van der Waals surface area (Å²) in [7, 11) is 0. The van der Waals surface area contributed by atoms with E-state index in [9.17, 15) is 0 Å². The van der Waals surface area contributed by atoms with Crippen LogP contribution in [0.4, 0.5) is 5.69 Å². The van der Waals surface area contributed by atoms with Crippen molar-refractivity contribution in [2.24, 2.45) is 5.73 Å². The van der Waals surface area contributed by atoms with E-state index in [1.54, 1.807) is 0 Å². The molecule has 4 rings (SSSR count). The molecule has 6 heteroatoms. The smallest absolute Gasteiger partial charge is 0.231 e. The van der Waals surface area contributed by atoms with Crippen LogP contribution in [0.1, 0.15) is 13.8 Å². The Bertz CT molecular complexity index is 925. The number of nitrogen functional groups attached to an aromatic ring is 1. The van der Waals surface area contributed by atoms with Crippen molar-refractivity contribution in [2.75, 3.05) is 12.5 Å². The molecule has 0 aliphatic carbocycles. The van der Waals surface area contributed by atoms with Crippen molar-refractivity contribution < 1.29 is 9.47 Å². The van der Waals surface area contributed by atoms with Crippen LogP contribution in [0, 0.1) is 0 Å². The molecule has 1 aromatic heterocycles. The summed E-state index contributed by atoms with van der Waals surface area (Å²) in [5.41, 5.74) is 15.3. The highest BCUT2D eigenvalue weighted by molar-refractivity contribution is 5.84. The Morgan fingerprint density at radius 2 is 1.92 bits per heavy atom. The molecule has 2 aromatic carbocycles. The van der Waals surface area contributed by atoms with Crippen molar-refractivity contribution in [3.05, 3.63) is 36.4 Å². The van der Waals surface area contributed by atoms with E-state index in [-0.39, 0.29) is 12.3 Å². The van der Waals surface area contributed by atoms with Crippen LogP contribution < -0.4 is 20.9 Å². The van der Waals surface area contributed by atoms with Gasteiger partial charge in [-0.15, -0.1) is 0 Å². The zero-order valence-corrected chi connectivity index (χ0v) is 13.7. The largest absolute Gasteiger partial charge is 0.454 e. The number of hydrogen-bond acceptors (Lipinski definition) is 5. The number of aromatic nitrogens is 2. The first-order valence-electron chi connectivity index (χ1n) is 7.85. The van der Waals surface area contributed by atoms with Gasteiger partial charge in [0.15, 0.2) is 11.5 Å². The monoisotopic (exact) mass is 324 g/mol. The quantitative estimate of drug-likeness (QED) is 0.723. The number of nitrogens with two attached hydrogens (primary N) is 2. The normalized spacial score (nSPS) is 13.6. The highest BCUT2D eigenvalue weighted by Gasteiger charge is 2.22. The van der Waals surface area contributed by atoms with Gasteiger partial charge in [0.05, 0.1) is 11.0 Å². The van der Waals surface area contributed by atoms with Crippen LogP contribution in [-0.2, 0) is 6.54 Å². The molecule has 0 saturated carbocycles. The first-order chi connectivity index (χ1) is 11.4. The second-order valence-corrected chi connectivity index (χ2v) is 6.83. The van der Waals surface area contributed by atoms with E-state index in [0.29, 0.717) is 12.2 Å². The van der Waals surface area contributed by atoms with E-state index in [1.807, 2.05) is 50.2 Å². The van der Waals surface area contributed by atoms with Crippen LogP contribution in [-0.4, -0.2) is 21.9 Å². The summed E-state index contributed by atoms with van der Waals surface area (Å²) in [5.74, 6) is 2.29. The van der Waals surface area contributed by atoms with Gasteiger partial charge in [-0.2, -0.15) is 0 Å². The van der Waals surface area contributed by atoms with E-state index in [4.69, 9.17) is 25.9 Å². The summed E-state index contributed by atoms with van der Waals surface area (Å²) in [6.45, 7) is 4.85. The minimum atomic E-state index is -0.390. The van der Waals surface area contributed by atoms with Crippen LogP contribution in [0.15, 0.2) is 36.4 Å². The SMILES string of the molecule is CC(C)(N)Cn1c(-c2cccc(N)c2)nc2cc3c(cc21)OCO3. The Morgan fingerprint density at radius 3 is 2.62 bits per heavy atom. The minimum absolute atomic E-state index is 0.242. The van der Waals surface area contributed by atoms with Crippen molar-refractivity contribution >= 4 is 16.7 Å². The highest BCUT2D eigenvalue weighted by Crippen LogP contribution is 2.38. The standard InChI is InChI=1S/C18H20N4O2/c1-18(2,20)9-22-14-8-16-15(23-10-24-16)7-13(14)21-17(22)11-4-3-5-12(19)6-11/h3-8H,9-10,19-20H2,1-2H3. The van der Waals surface area contributed by atoms with E-state index < -0.39 is 0 Å². The summed E-state index contributed by atoms with van der Waals surface area (Å²) in [4.78, 5) is 4.80. The number of rotatable bonds is 3. The number of anilines is 1. The molecule has 0 bridgehead atoms. The first kappa shape index (κ1) is 14.8. The van der Waals surface area contributed by atoms with Crippen molar-refractivity contribution in [3.8, 4) is 22.9 Å². The minimum Gasteiger partial charge on any atom is -0.454 e. The molecule has 3 aromatic rings. The molecule has 0 atom stereocenters. The summed E-state index contributed by atoms with van der Waals surface area (Å²) < 4.78 is 13.1. The average molecular weight is 324 g/mol. The zero-order valence-electron chi connectivity index (χ0n) is 13.7. The Morgan fingerprint density at radius 1 is 1.17 bits per heavy atom. The molecule has 0 radical (unpaired) electrons. The van der Waals surface area contributed by atoms with Crippen LogP contribution in [0.25, 0.3) is 22.4 Å². The average Bonchev–Trinajstić information content (AvgIpc) is 3.08. The Kier molecular flexibility index (Phi) is 3.18. The van der Waals surface area contributed by atoms with Gasteiger partial charge in [-0.1, -0.05) is 12.1 Å². The number of fused-ring (bicyclic) bond motifs is 2. The topological polar surface area (TPSA) is 88.3 Å². The van der Waals surface area contributed by atoms with Gasteiger partial charge in [-0.3, -0.25) is 0 Å². The second-order valence-electron chi connectivity index (χ2n) is 6.83. The lowest BCUT2D eigenvalue weighted by atomic mass is 10.1. The van der Waals surface area contributed by atoms with Gasteiger partial charge in [0.25, 0.3) is 0 Å². The summed E-state index contributed by atoms with van der Waals surface area (Å²) >= 11 is 0. The van der Waals surface area contributed by atoms with Gasteiger partial charge < -0.3 is 25.5 Å². The molecule has 1 aliphatic heterocycles. The second kappa shape index (κ2) is 5.14. The third kappa shape index (κ3) is 2.55. The molecule has 0 spiro atoms. The molecule has 24 heavy (non-hydrogen) atoms. The molecular formula is C18H20N4O2. The van der Waals surface area contributed by atoms with Crippen molar-refractivity contribution in [3.63, 3.8) is 0 Å². The molecule has 1 aliphatic rings. The first-order valence-corrected chi connectivity index (χ1v) is 7.85. The van der Waals surface area contributed by atoms with Crippen LogP contribution in [0.5, 0.6) is 11.5 Å². The third-order valence-electron chi connectivity index (χ3n) is 3.95. The van der Waals surface area contributed by atoms with Gasteiger partial charge in [0.2, 0.25) is 6.79 Å². The number of nitrogens with zero attached hydrogens (tertiary/aromatic N) is 2. The molecule has 0 saturated heterocycles. The fourth-order valence-electron chi connectivity index (χ4n) is 2.98. The predicted octanol–water partition coefficient (Wildman–Crippen LogP) is 2.75. The lowest BCUT2D eigenvalue weighted by molar-refractivity contribution is 0.174. The van der Waals surface area contributed by atoms with Crippen LogP contribution >= 0.6 is 0 Å². The van der Waals surface area contributed by atoms with E-state index >= 15 is 0 Å². The van der Waals surface area contributed by atoms with Gasteiger partial charge >= 0.3 is 0 Å². The highest BCUT2D eigenvalue weighted by atomic mass is 16.7. The Labute approximate surface area is 140 Å². The molecule has 124 valence electrons. The summed E-state index contributed by atoms with van der Waals surface area (Å²) in [6.07, 6.45) is 0. The molecule has 0 amide bonds. The van der Waals surface area contributed by atoms with Crippen LogP contribution in [0.3, 0.4) is 0 Å². The number of hydrogen-bond donors (Lipinski definition) is 2. The van der Waals surface area contributed by atoms with Crippen molar-refractivity contribution in [1.82, 2.24) is 9.55 Å². The third-order valence-corrected chi connectivity index (χ3v) is 3.95. The van der Waals surface area contributed by atoms with Gasteiger partial charge in [0.1, 0.15) is 5.82 Å². The molecule has 6 nitrogen and oxygen atoms in total.